The highest BCUT2D eigenvalue weighted by Crippen LogP contribution is 2.24. The summed E-state index contributed by atoms with van der Waals surface area (Å²) in [5.41, 5.74) is 0.755. The summed E-state index contributed by atoms with van der Waals surface area (Å²) in [5.74, 6) is 0.429. The molecule has 5 nitrogen and oxygen atoms in total. The molecule has 5 heteroatoms. The van der Waals surface area contributed by atoms with Crippen LogP contribution >= 0.6 is 0 Å². The van der Waals surface area contributed by atoms with Gasteiger partial charge in [-0.3, -0.25) is 10.1 Å². The van der Waals surface area contributed by atoms with Crippen LogP contribution in [0.25, 0.3) is 0 Å². The van der Waals surface area contributed by atoms with E-state index in [2.05, 4.69) is 19.2 Å². The molecule has 106 valence electrons. The summed E-state index contributed by atoms with van der Waals surface area (Å²) in [6.45, 7) is 6.40. The fraction of sp³-hybridized carbons (Fsp3) is 0.571. The van der Waals surface area contributed by atoms with Gasteiger partial charge in [-0.15, -0.1) is 0 Å². The van der Waals surface area contributed by atoms with E-state index in [0.717, 1.165) is 6.42 Å². The third-order valence-electron chi connectivity index (χ3n) is 3.00. The number of benzene rings is 1. The first-order chi connectivity index (χ1) is 8.91. The van der Waals surface area contributed by atoms with Crippen molar-refractivity contribution in [2.45, 2.75) is 39.3 Å². The van der Waals surface area contributed by atoms with E-state index in [4.69, 9.17) is 0 Å². The van der Waals surface area contributed by atoms with Crippen LogP contribution < -0.4 is 5.32 Å². The highest BCUT2D eigenvalue weighted by Gasteiger charge is 2.18. The Kier molecular flexibility index (Phi) is 5.92. The van der Waals surface area contributed by atoms with E-state index < -0.39 is 6.10 Å². The number of nitrogens with one attached hydrogen (secondary N) is 1. The van der Waals surface area contributed by atoms with Gasteiger partial charge in [0.1, 0.15) is 0 Å². The van der Waals surface area contributed by atoms with Crippen LogP contribution in [0.15, 0.2) is 24.3 Å². The molecule has 2 unspecified atom stereocenters. The van der Waals surface area contributed by atoms with Crippen LogP contribution in [-0.4, -0.2) is 22.7 Å². The van der Waals surface area contributed by atoms with Crippen molar-refractivity contribution in [1.29, 1.82) is 0 Å². The monoisotopic (exact) mass is 266 g/mol. The molecule has 0 fully saturated rings. The minimum Gasteiger partial charge on any atom is -0.392 e. The molecule has 2 N–H and O–H groups in total. The van der Waals surface area contributed by atoms with Crippen LogP contribution in [0.2, 0.25) is 0 Å². The zero-order valence-corrected chi connectivity index (χ0v) is 11.7. The molecule has 1 aromatic carbocycles. The molecule has 0 heterocycles. The van der Waals surface area contributed by atoms with Crippen LogP contribution in [0, 0.1) is 16.0 Å². The Balaban J connectivity index is 2.63. The van der Waals surface area contributed by atoms with Gasteiger partial charge in [0.15, 0.2) is 0 Å². The first kappa shape index (κ1) is 15.6. The number of rotatable bonds is 7. The Morgan fingerprint density at radius 3 is 2.53 bits per heavy atom. The van der Waals surface area contributed by atoms with E-state index in [0.29, 0.717) is 18.0 Å². The molecule has 0 bridgehead atoms. The smallest absolute Gasteiger partial charge is 0.274 e. The number of nitro benzene ring substituents is 1. The molecule has 1 rings (SSSR count). The Morgan fingerprint density at radius 1 is 1.32 bits per heavy atom. The van der Waals surface area contributed by atoms with Crippen molar-refractivity contribution in [3.8, 4) is 0 Å². The number of nitrogens with zero attached hydrogens (tertiary/aromatic N) is 1. The van der Waals surface area contributed by atoms with E-state index in [1.54, 1.807) is 18.2 Å². The summed E-state index contributed by atoms with van der Waals surface area (Å²) in [6, 6.07) is 6.51. The predicted octanol–water partition coefficient (Wildman–Crippen LogP) is 2.65. The lowest BCUT2D eigenvalue weighted by molar-refractivity contribution is -0.385. The van der Waals surface area contributed by atoms with Crippen LogP contribution in [0.3, 0.4) is 0 Å². The van der Waals surface area contributed by atoms with Gasteiger partial charge < -0.3 is 10.4 Å². The summed E-state index contributed by atoms with van der Waals surface area (Å²) in [6.07, 6.45) is 0.293. The van der Waals surface area contributed by atoms with Crippen molar-refractivity contribution in [3.05, 3.63) is 39.9 Å². The second-order valence-corrected chi connectivity index (χ2v) is 5.23. The minimum atomic E-state index is -0.426. The number of aliphatic hydroxyl groups excluding tert-OH is 1. The van der Waals surface area contributed by atoms with Crippen LogP contribution in [0.5, 0.6) is 0 Å². The van der Waals surface area contributed by atoms with Crippen molar-refractivity contribution in [1.82, 2.24) is 5.32 Å². The lowest BCUT2D eigenvalue weighted by Gasteiger charge is -2.18. The highest BCUT2D eigenvalue weighted by atomic mass is 16.6. The third-order valence-corrected chi connectivity index (χ3v) is 3.00. The zero-order valence-electron chi connectivity index (χ0n) is 11.7. The third kappa shape index (κ3) is 4.96. The van der Waals surface area contributed by atoms with Crippen molar-refractivity contribution in [2.24, 2.45) is 5.92 Å². The molecule has 0 aliphatic heterocycles. The summed E-state index contributed by atoms with van der Waals surface area (Å²) in [7, 11) is 0. The molecule has 0 aliphatic rings. The van der Waals surface area contributed by atoms with Crippen molar-refractivity contribution in [2.75, 3.05) is 6.54 Å². The Bertz CT molecular complexity index is 421. The van der Waals surface area contributed by atoms with Gasteiger partial charge in [0.25, 0.3) is 5.69 Å². The van der Waals surface area contributed by atoms with Gasteiger partial charge in [-0.2, -0.15) is 0 Å². The van der Waals surface area contributed by atoms with Gasteiger partial charge in [-0.25, -0.2) is 0 Å². The normalized spacial score (nSPS) is 14.4. The maximum Gasteiger partial charge on any atom is 0.274 e. The molecule has 0 saturated heterocycles. The van der Waals surface area contributed by atoms with Gasteiger partial charge in [-0.1, -0.05) is 32.0 Å². The lowest BCUT2D eigenvalue weighted by atomic mass is 10.0. The first-order valence-electron chi connectivity index (χ1n) is 6.56. The molecule has 19 heavy (non-hydrogen) atoms. The molecule has 2 atom stereocenters. The number of para-hydroxylation sites is 1. The zero-order chi connectivity index (χ0) is 14.4. The van der Waals surface area contributed by atoms with Gasteiger partial charge in [0.2, 0.25) is 0 Å². The van der Waals surface area contributed by atoms with E-state index in [-0.39, 0.29) is 16.7 Å². The van der Waals surface area contributed by atoms with Crippen LogP contribution in [0.1, 0.15) is 38.8 Å². The van der Waals surface area contributed by atoms with E-state index in [9.17, 15) is 15.2 Å². The number of aliphatic hydroxyl groups is 1. The van der Waals surface area contributed by atoms with Gasteiger partial charge in [-0.05, 0) is 19.3 Å². The average molecular weight is 266 g/mol. The largest absolute Gasteiger partial charge is 0.392 e. The van der Waals surface area contributed by atoms with Crippen LogP contribution in [-0.2, 0) is 0 Å². The fourth-order valence-corrected chi connectivity index (χ4v) is 2.07. The number of hydrogen-bond donors (Lipinski definition) is 2. The van der Waals surface area contributed by atoms with Gasteiger partial charge in [0.05, 0.1) is 11.0 Å². The lowest BCUT2D eigenvalue weighted by Crippen LogP contribution is -2.30. The van der Waals surface area contributed by atoms with E-state index >= 15 is 0 Å². The minimum absolute atomic E-state index is 0.112. The standard InChI is InChI=1S/C14H22N2O3/c1-10(2)8-12(17)9-15-11(3)13-6-4-5-7-14(13)16(18)19/h4-7,10-12,15,17H,8-9H2,1-3H3. The summed E-state index contributed by atoms with van der Waals surface area (Å²) in [5, 5.41) is 23.9. The predicted molar refractivity (Wildman–Crippen MR) is 75.0 cm³/mol. The summed E-state index contributed by atoms with van der Waals surface area (Å²) >= 11 is 0. The van der Waals surface area contributed by atoms with Crippen LogP contribution in [0.4, 0.5) is 5.69 Å². The van der Waals surface area contributed by atoms with E-state index in [1.165, 1.54) is 6.07 Å². The Morgan fingerprint density at radius 2 is 1.95 bits per heavy atom. The molecule has 0 saturated carbocycles. The Hall–Kier alpha value is -1.46. The molecule has 1 aromatic rings. The van der Waals surface area contributed by atoms with Gasteiger partial charge in [0, 0.05) is 24.2 Å². The second kappa shape index (κ2) is 7.21. The SMILES string of the molecule is CC(C)CC(O)CNC(C)c1ccccc1[N+](=O)[O-]. The number of nitro groups is 1. The molecule has 0 amide bonds. The van der Waals surface area contributed by atoms with Gasteiger partial charge >= 0.3 is 0 Å². The molecule has 0 aromatic heterocycles. The molecule has 0 radical (unpaired) electrons. The fourth-order valence-electron chi connectivity index (χ4n) is 2.07. The quantitative estimate of drug-likeness (QED) is 0.587. The summed E-state index contributed by atoms with van der Waals surface area (Å²) in [4.78, 5) is 10.6. The molecule has 0 aliphatic carbocycles. The molecule has 0 spiro atoms. The van der Waals surface area contributed by atoms with Crippen molar-refractivity contribution in [3.63, 3.8) is 0 Å². The topological polar surface area (TPSA) is 75.4 Å². The molecular formula is C14H22N2O3. The summed E-state index contributed by atoms with van der Waals surface area (Å²) < 4.78 is 0. The van der Waals surface area contributed by atoms with Crippen molar-refractivity contribution >= 4 is 5.69 Å². The highest BCUT2D eigenvalue weighted by molar-refractivity contribution is 5.41. The van der Waals surface area contributed by atoms with Crippen molar-refractivity contribution < 1.29 is 10.0 Å². The first-order valence-corrected chi connectivity index (χ1v) is 6.56. The maximum absolute atomic E-state index is 10.9. The van der Waals surface area contributed by atoms with E-state index in [1.807, 2.05) is 6.92 Å². The molecular weight excluding hydrogens is 244 g/mol. The average Bonchev–Trinajstić information content (AvgIpc) is 2.35. The maximum atomic E-state index is 10.9. The Labute approximate surface area is 113 Å². The second-order valence-electron chi connectivity index (χ2n) is 5.23. The number of hydrogen-bond acceptors (Lipinski definition) is 4.